The van der Waals surface area contributed by atoms with E-state index in [4.69, 9.17) is 0 Å². The monoisotopic (exact) mass is 233 g/mol. The maximum atomic E-state index is 2.60. The number of benzene rings is 1. The normalized spacial score (nSPS) is 12.9. The summed E-state index contributed by atoms with van der Waals surface area (Å²) >= 11 is 0. The predicted octanol–water partition coefficient (Wildman–Crippen LogP) is 4.30. The van der Waals surface area contributed by atoms with Gasteiger partial charge in [0.15, 0.2) is 0 Å². The van der Waals surface area contributed by atoms with Crippen molar-refractivity contribution in [2.75, 3.05) is 19.6 Å². The van der Waals surface area contributed by atoms with Gasteiger partial charge in [-0.25, -0.2) is 0 Å². The summed E-state index contributed by atoms with van der Waals surface area (Å²) in [6.07, 6.45) is 3.80. The molecule has 1 unspecified atom stereocenters. The van der Waals surface area contributed by atoms with Gasteiger partial charge in [0, 0.05) is 0 Å². The molecule has 0 bridgehead atoms. The molecule has 1 heteroatoms. The van der Waals surface area contributed by atoms with Gasteiger partial charge >= 0.3 is 0 Å². The van der Waals surface area contributed by atoms with Crippen LogP contribution in [0.25, 0.3) is 0 Å². The molecule has 0 aliphatic rings. The molecule has 0 N–H and O–H groups in total. The minimum absolute atomic E-state index is 0.674. The van der Waals surface area contributed by atoms with Crippen molar-refractivity contribution >= 4 is 0 Å². The van der Waals surface area contributed by atoms with Crippen LogP contribution in [0.3, 0.4) is 0 Å². The van der Waals surface area contributed by atoms with E-state index in [1.807, 2.05) is 0 Å². The van der Waals surface area contributed by atoms with Gasteiger partial charge in [-0.05, 0) is 50.4 Å². The summed E-state index contributed by atoms with van der Waals surface area (Å²) < 4.78 is 0. The fraction of sp³-hybridized carbons (Fsp3) is 0.625. The van der Waals surface area contributed by atoms with Crippen molar-refractivity contribution in [1.82, 2.24) is 4.90 Å². The highest BCUT2D eigenvalue weighted by molar-refractivity contribution is 5.18. The molecule has 96 valence electrons. The summed E-state index contributed by atoms with van der Waals surface area (Å²) in [6, 6.07) is 10.9. The standard InChI is InChI=1S/C16H27N/c1-4-12-17(13-5-2)14-11-15(3)16-9-7-6-8-10-16/h6-10,15H,4-5,11-14H2,1-3H3. The molecule has 0 spiro atoms. The second kappa shape index (κ2) is 8.30. The maximum Gasteiger partial charge on any atom is -0.00130 e. The molecule has 1 aromatic carbocycles. The lowest BCUT2D eigenvalue weighted by Crippen LogP contribution is -2.27. The van der Waals surface area contributed by atoms with E-state index in [1.165, 1.54) is 44.5 Å². The van der Waals surface area contributed by atoms with Crippen molar-refractivity contribution in [2.24, 2.45) is 0 Å². The predicted molar refractivity (Wildman–Crippen MR) is 76.5 cm³/mol. The molecule has 0 fully saturated rings. The van der Waals surface area contributed by atoms with Crippen LogP contribution in [0.4, 0.5) is 0 Å². The molecule has 0 aromatic heterocycles. The van der Waals surface area contributed by atoms with Crippen LogP contribution in [-0.2, 0) is 0 Å². The first kappa shape index (κ1) is 14.2. The zero-order valence-electron chi connectivity index (χ0n) is 11.7. The minimum Gasteiger partial charge on any atom is -0.303 e. The van der Waals surface area contributed by atoms with E-state index in [0.717, 1.165) is 0 Å². The number of hydrogen-bond acceptors (Lipinski definition) is 1. The fourth-order valence-corrected chi connectivity index (χ4v) is 2.29. The Morgan fingerprint density at radius 3 is 2.06 bits per heavy atom. The van der Waals surface area contributed by atoms with Gasteiger partial charge in [-0.15, -0.1) is 0 Å². The molecule has 1 atom stereocenters. The zero-order chi connectivity index (χ0) is 12.5. The van der Waals surface area contributed by atoms with Gasteiger partial charge in [0.2, 0.25) is 0 Å². The number of hydrogen-bond donors (Lipinski definition) is 0. The topological polar surface area (TPSA) is 3.24 Å². The Kier molecular flexibility index (Phi) is 6.95. The van der Waals surface area contributed by atoms with Crippen molar-refractivity contribution < 1.29 is 0 Å². The molecule has 1 nitrogen and oxygen atoms in total. The lowest BCUT2D eigenvalue weighted by molar-refractivity contribution is 0.265. The van der Waals surface area contributed by atoms with E-state index in [0.29, 0.717) is 5.92 Å². The second-order valence-corrected chi connectivity index (χ2v) is 4.94. The van der Waals surface area contributed by atoms with Crippen LogP contribution in [0, 0.1) is 0 Å². The van der Waals surface area contributed by atoms with Crippen molar-refractivity contribution in [3.8, 4) is 0 Å². The van der Waals surface area contributed by atoms with E-state index < -0.39 is 0 Å². The van der Waals surface area contributed by atoms with Crippen LogP contribution in [0.5, 0.6) is 0 Å². The lowest BCUT2D eigenvalue weighted by Gasteiger charge is -2.23. The summed E-state index contributed by atoms with van der Waals surface area (Å²) in [5.74, 6) is 0.674. The number of nitrogens with zero attached hydrogens (tertiary/aromatic N) is 1. The Hall–Kier alpha value is -0.820. The fourth-order valence-electron chi connectivity index (χ4n) is 2.29. The quantitative estimate of drug-likeness (QED) is 0.647. The van der Waals surface area contributed by atoms with Gasteiger partial charge in [-0.2, -0.15) is 0 Å². The summed E-state index contributed by atoms with van der Waals surface area (Å²) in [7, 11) is 0. The van der Waals surface area contributed by atoms with E-state index in [1.54, 1.807) is 0 Å². The second-order valence-electron chi connectivity index (χ2n) is 4.94. The van der Waals surface area contributed by atoms with E-state index in [9.17, 15) is 0 Å². The largest absolute Gasteiger partial charge is 0.303 e. The Morgan fingerprint density at radius 2 is 1.53 bits per heavy atom. The molecule has 0 saturated heterocycles. The van der Waals surface area contributed by atoms with Crippen LogP contribution in [0.2, 0.25) is 0 Å². The average Bonchev–Trinajstić information content (AvgIpc) is 2.37. The first-order chi connectivity index (χ1) is 8.27. The third-order valence-corrected chi connectivity index (χ3v) is 3.33. The smallest absolute Gasteiger partial charge is 0.00130 e. The van der Waals surface area contributed by atoms with Crippen molar-refractivity contribution in [3.05, 3.63) is 35.9 Å². The van der Waals surface area contributed by atoms with Gasteiger partial charge in [-0.3, -0.25) is 0 Å². The summed E-state index contributed by atoms with van der Waals surface area (Å²) in [5.41, 5.74) is 1.47. The highest BCUT2D eigenvalue weighted by atomic mass is 15.1. The molecule has 0 aliphatic carbocycles. The first-order valence-electron chi connectivity index (χ1n) is 7.05. The Bertz CT molecular complexity index is 275. The molecule has 0 amide bonds. The van der Waals surface area contributed by atoms with Crippen LogP contribution >= 0.6 is 0 Å². The number of rotatable bonds is 8. The highest BCUT2D eigenvalue weighted by Gasteiger charge is 2.08. The van der Waals surface area contributed by atoms with Crippen molar-refractivity contribution in [2.45, 2.75) is 46.0 Å². The van der Waals surface area contributed by atoms with Crippen molar-refractivity contribution in [3.63, 3.8) is 0 Å². The van der Waals surface area contributed by atoms with Gasteiger partial charge in [0.25, 0.3) is 0 Å². The van der Waals surface area contributed by atoms with Gasteiger partial charge in [-0.1, -0.05) is 51.1 Å². The Balaban J connectivity index is 2.38. The minimum atomic E-state index is 0.674. The third-order valence-electron chi connectivity index (χ3n) is 3.33. The SMILES string of the molecule is CCCN(CCC)CCC(C)c1ccccc1. The first-order valence-corrected chi connectivity index (χ1v) is 7.05. The summed E-state index contributed by atoms with van der Waals surface area (Å²) in [4.78, 5) is 2.60. The molecular weight excluding hydrogens is 206 g/mol. The van der Waals surface area contributed by atoms with Crippen LogP contribution in [0.1, 0.15) is 51.5 Å². The Labute approximate surface area is 107 Å². The van der Waals surface area contributed by atoms with Crippen LogP contribution in [0.15, 0.2) is 30.3 Å². The molecule has 17 heavy (non-hydrogen) atoms. The molecule has 0 saturated carbocycles. The average molecular weight is 233 g/mol. The van der Waals surface area contributed by atoms with Gasteiger partial charge in [0.05, 0.1) is 0 Å². The highest BCUT2D eigenvalue weighted by Crippen LogP contribution is 2.18. The molecule has 1 rings (SSSR count). The van der Waals surface area contributed by atoms with Crippen molar-refractivity contribution in [1.29, 1.82) is 0 Å². The third kappa shape index (κ3) is 5.36. The van der Waals surface area contributed by atoms with E-state index in [2.05, 4.69) is 56.0 Å². The van der Waals surface area contributed by atoms with Gasteiger partial charge < -0.3 is 4.90 Å². The van der Waals surface area contributed by atoms with Gasteiger partial charge in [0.1, 0.15) is 0 Å². The van der Waals surface area contributed by atoms with E-state index >= 15 is 0 Å². The van der Waals surface area contributed by atoms with E-state index in [-0.39, 0.29) is 0 Å². The molecular formula is C16H27N. The van der Waals surface area contributed by atoms with Crippen LogP contribution in [-0.4, -0.2) is 24.5 Å². The molecule has 0 heterocycles. The molecule has 1 aromatic rings. The summed E-state index contributed by atoms with van der Waals surface area (Å²) in [5, 5.41) is 0. The summed E-state index contributed by atoms with van der Waals surface area (Å²) in [6.45, 7) is 10.6. The van der Waals surface area contributed by atoms with Crippen LogP contribution < -0.4 is 0 Å². The molecule has 0 radical (unpaired) electrons. The lowest BCUT2D eigenvalue weighted by atomic mass is 9.98. The zero-order valence-corrected chi connectivity index (χ0v) is 11.7. The maximum absolute atomic E-state index is 2.60. The molecule has 0 aliphatic heterocycles. The Morgan fingerprint density at radius 1 is 0.941 bits per heavy atom.